The lowest BCUT2D eigenvalue weighted by molar-refractivity contribution is -0.112. The lowest BCUT2D eigenvalue weighted by atomic mass is 10.2. The zero-order chi connectivity index (χ0) is 12.3. The highest BCUT2D eigenvalue weighted by Gasteiger charge is 2.01. The van der Waals surface area contributed by atoms with Crippen LogP contribution in [0.25, 0.3) is 16.5 Å². The molecule has 86 valence electrons. The number of carbonyl (C=O) groups is 1. The van der Waals surface area contributed by atoms with E-state index in [-0.39, 0.29) is 5.78 Å². The van der Waals surface area contributed by atoms with E-state index >= 15 is 0 Å². The van der Waals surface area contributed by atoms with E-state index < -0.39 is 0 Å². The van der Waals surface area contributed by atoms with Crippen LogP contribution in [0.4, 0.5) is 0 Å². The highest BCUT2D eigenvalue weighted by Crippen LogP contribution is 2.29. The highest BCUT2D eigenvalue weighted by molar-refractivity contribution is 7.16. The van der Waals surface area contributed by atoms with Crippen LogP contribution in [0.2, 0.25) is 5.02 Å². The Morgan fingerprint density at radius 3 is 2.53 bits per heavy atom. The third kappa shape index (κ3) is 3.29. The number of rotatable bonds is 3. The Morgan fingerprint density at radius 1 is 1.18 bits per heavy atom. The molecule has 0 radical (unpaired) electrons. The number of hydrogen-bond acceptors (Lipinski definition) is 2. The molecule has 0 bridgehead atoms. The molecular formula is C14H11ClOS. The van der Waals surface area contributed by atoms with E-state index in [4.69, 9.17) is 11.6 Å². The molecule has 0 aliphatic heterocycles. The lowest BCUT2D eigenvalue weighted by Crippen LogP contribution is -1.77. The smallest absolute Gasteiger partial charge is 0.152 e. The van der Waals surface area contributed by atoms with E-state index in [1.165, 1.54) is 4.88 Å². The largest absolute Gasteiger partial charge is 0.295 e. The number of carbonyl (C=O) groups excluding carboxylic acids is 1. The van der Waals surface area contributed by atoms with Crippen LogP contribution in [0.3, 0.4) is 0 Å². The molecule has 0 aliphatic rings. The number of allylic oxidation sites excluding steroid dienone is 1. The molecular weight excluding hydrogens is 252 g/mol. The Hall–Kier alpha value is -1.38. The van der Waals surface area contributed by atoms with Crippen molar-refractivity contribution in [3.8, 4) is 10.4 Å². The fourth-order valence-electron chi connectivity index (χ4n) is 1.41. The molecule has 0 fully saturated rings. The van der Waals surface area contributed by atoms with Gasteiger partial charge in [0.25, 0.3) is 0 Å². The highest BCUT2D eigenvalue weighted by atomic mass is 35.5. The summed E-state index contributed by atoms with van der Waals surface area (Å²) in [6.07, 6.45) is 3.42. The summed E-state index contributed by atoms with van der Waals surface area (Å²) in [5.74, 6) is 0.0615. The summed E-state index contributed by atoms with van der Waals surface area (Å²) in [5, 5.41) is 0.738. The van der Waals surface area contributed by atoms with E-state index in [1.807, 2.05) is 42.5 Å². The molecule has 0 saturated carbocycles. The fraction of sp³-hybridized carbons (Fsp3) is 0.0714. The van der Waals surface area contributed by atoms with Crippen molar-refractivity contribution >= 4 is 34.8 Å². The zero-order valence-corrected chi connectivity index (χ0v) is 10.9. The first-order valence-electron chi connectivity index (χ1n) is 5.19. The van der Waals surface area contributed by atoms with Crippen LogP contribution < -0.4 is 0 Å². The van der Waals surface area contributed by atoms with Gasteiger partial charge in [0, 0.05) is 14.8 Å². The second-order valence-electron chi connectivity index (χ2n) is 3.65. The molecule has 0 aliphatic carbocycles. The number of hydrogen-bond donors (Lipinski definition) is 0. The zero-order valence-electron chi connectivity index (χ0n) is 9.31. The summed E-state index contributed by atoms with van der Waals surface area (Å²) in [4.78, 5) is 13.1. The monoisotopic (exact) mass is 262 g/mol. The van der Waals surface area contributed by atoms with E-state index in [0.29, 0.717) is 0 Å². The Morgan fingerprint density at radius 2 is 1.88 bits per heavy atom. The summed E-state index contributed by atoms with van der Waals surface area (Å²) in [6, 6.07) is 11.8. The van der Waals surface area contributed by atoms with Gasteiger partial charge >= 0.3 is 0 Å². The van der Waals surface area contributed by atoms with Crippen LogP contribution in [0.15, 0.2) is 42.5 Å². The molecule has 0 atom stereocenters. The number of thiophene rings is 1. The average Bonchev–Trinajstić information content (AvgIpc) is 2.76. The maximum absolute atomic E-state index is 10.8. The van der Waals surface area contributed by atoms with Gasteiger partial charge in [0.05, 0.1) is 0 Å². The minimum Gasteiger partial charge on any atom is -0.295 e. The molecule has 0 unspecified atom stereocenters. The van der Waals surface area contributed by atoms with Crippen LogP contribution >= 0.6 is 22.9 Å². The summed E-state index contributed by atoms with van der Waals surface area (Å²) in [5.41, 5.74) is 1.14. The Labute approximate surface area is 109 Å². The van der Waals surface area contributed by atoms with Crippen molar-refractivity contribution < 1.29 is 4.79 Å². The molecule has 1 aromatic carbocycles. The van der Waals surface area contributed by atoms with Crippen LogP contribution in [0, 0.1) is 0 Å². The van der Waals surface area contributed by atoms with Crippen molar-refractivity contribution in [2.75, 3.05) is 0 Å². The normalized spacial score (nSPS) is 10.9. The van der Waals surface area contributed by atoms with Crippen molar-refractivity contribution in [2.24, 2.45) is 0 Å². The van der Waals surface area contributed by atoms with Gasteiger partial charge < -0.3 is 0 Å². The molecule has 0 amide bonds. The second-order valence-corrected chi connectivity index (χ2v) is 5.20. The first-order chi connectivity index (χ1) is 8.15. The molecule has 2 aromatic rings. The standard InChI is InChI=1S/C14H11ClOS/c1-10(16)2-7-13-8-9-14(17-13)11-3-5-12(15)6-4-11/h2-9H,1H3. The Balaban J connectivity index is 2.23. The number of ketones is 1. The summed E-state index contributed by atoms with van der Waals surface area (Å²) in [7, 11) is 0. The summed E-state index contributed by atoms with van der Waals surface area (Å²) < 4.78 is 0. The third-order valence-corrected chi connectivity index (χ3v) is 3.59. The van der Waals surface area contributed by atoms with Crippen LogP contribution in [0.1, 0.15) is 11.8 Å². The van der Waals surface area contributed by atoms with E-state index in [9.17, 15) is 4.79 Å². The first kappa shape index (κ1) is 12.1. The molecule has 0 spiro atoms. The molecule has 1 aromatic heterocycles. The second kappa shape index (κ2) is 5.30. The molecule has 1 nitrogen and oxygen atoms in total. The first-order valence-corrected chi connectivity index (χ1v) is 6.39. The molecule has 0 saturated heterocycles. The van der Waals surface area contributed by atoms with Crippen molar-refractivity contribution in [1.29, 1.82) is 0 Å². The van der Waals surface area contributed by atoms with Gasteiger partial charge in [0.1, 0.15) is 0 Å². The Kier molecular flexibility index (Phi) is 3.77. The van der Waals surface area contributed by atoms with Crippen molar-refractivity contribution in [3.63, 3.8) is 0 Å². The topological polar surface area (TPSA) is 17.1 Å². The molecule has 17 heavy (non-hydrogen) atoms. The van der Waals surface area contributed by atoms with Gasteiger partial charge in [-0.2, -0.15) is 0 Å². The van der Waals surface area contributed by atoms with Gasteiger partial charge in [-0.05, 0) is 48.9 Å². The maximum atomic E-state index is 10.8. The van der Waals surface area contributed by atoms with Crippen LogP contribution in [0.5, 0.6) is 0 Å². The number of benzene rings is 1. The predicted molar refractivity (Wildman–Crippen MR) is 74.5 cm³/mol. The maximum Gasteiger partial charge on any atom is 0.152 e. The van der Waals surface area contributed by atoms with Gasteiger partial charge in [-0.15, -0.1) is 11.3 Å². The van der Waals surface area contributed by atoms with Crippen molar-refractivity contribution in [3.05, 3.63) is 52.4 Å². The van der Waals surface area contributed by atoms with Gasteiger partial charge in [-0.1, -0.05) is 23.7 Å². The van der Waals surface area contributed by atoms with Crippen molar-refractivity contribution in [1.82, 2.24) is 0 Å². The number of halogens is 1. The Bertz CT molecular complexity index is 552. The minimum atomic E-state index is 0.0615. The van der Waals surface area contributed by atoms with Crippen LogP contribution in [-0.2, 0) is 4.79 Å². The van der Waals surface area contributed by atoms with Crippen molar-refractivity contribution in [2.45, 2.75) is 6.92 Å². The molecule has 0 N–H and O–H groups in total. The minimum absolute atomic E-state index is 0.0615. The predicted octanol–water partition coefficient (Wildman–Crippen LogP) is 4.67. The van der Waals surface area contributed by atoms with Gasteiger partial charge in [-0.25, -0.2) is 0 Å². The van der Waals surface area contributed by atoms with Crippen LogP contribution in [-0.4, -0.2) is 5.78 Å². The fourth-order valence-corrected chi connectivity index (χ4v) is 2.45. The van der Waals surface area contributed by atoms with E-state index in [2.05, 4.69) is 0 Å². The van der Waals surface area contributed by atoms with E-state index in [1.54, 1.807) is 24.3 Å². The SMILES string of the molecule is CC(=O)C=Cc1ccc(-c2ccc(Cl)cc2)s1. The molecule has 2 rings (SSSR count). The molecule has 1 heterocycles. The van der Waals surface area contributed by atoms with E-state index in [0.717, 1.165) is 15.5 Å². The summed E-state index contributed by atoms with van der Waals surface area (Å²) >= 11 is 7.50. The summed E-state index contributed by atoms with van der Waals surface area (Å²) in [6.45, 7) is 1.55. The lowest BCUT2D eigenvalue weighted by Gasteiger charge is -1.96. The molecule has 3 heteroatoms. The third-order valence-electron chi connectivity index (χ3n) is 2.24. The van der Waals surface area contributed by atoms with Gasteiger partial charge in [-0.3, -0.25) is 4.79 Å². The quantitative estimate of drug-likeness (QED) is 0.735. The average molecular weight is 263 g/mol. The van der Waals surface area contributed by atoms with Gasteiger partial charge in [0.2, 0.25) is 0 Å². The van der Waals surface area contributed by atoms with Gasteiger partial charge in [0.15, 0.2) is 5.78 Å².